The number of aliphatic imine (C=N–C) groups is 1. The molecule has 3 rings (SSSR count). The van der Waals surface area contributed by atoms with Gasteiger partial charge in [-0.3, -0.25) is 14.7 Å². The van der Waals surface area contributed by atoms with E-state index in [4.69, 9.17) is 4.74 Å². The molecule has 7 heteroatoms. The lowest BCUT2D eigenvalue weighted by molar-refractivity contribution is 0.0951. The number of nitrogens with one attached hydrogen (secondary N) is 2. The minimum Gasteiger partial charge on any atom is -0.494 e. The molecule has 1 aliphatic rings. The number of nitrogens with zero attached hydrogens (tertiary/aromatic N) is 2. The molecular formula is C31H38N4O2S. The molecule has 200 valence electrons. The minimum absolute atomic E-state index is 0.0632. The molecule has 2 aromatic carbocycles. The second-order valence-electron chi connectivity index (χ2n) is 8.83. The van der Waals surface area contributed by atoms with E-state index in [1.807, 2.05) is 54.6 Å². The fraction of sp³-hybridized carbons (Fsp3) is 0.290. The Morgan fingerprint density at radius 1 is 1.13 bits per heavy atom. The molecule has 0 bridgehead atoms. The summed E-state index contributed by atoms with van der Waals surface area (Å²) in [5.41, 5.74) is 4.44. The number of benzene rings is 2. The van der Waals surface area contributed by atoms with E-state index in [0.717, 1.165) is 66.7 Å². The second kappa shape index (κ2) is 15.6. The Morgan fingerprint density at radius 3 is 2.58 bits per heavy atom. The van der Waals surface area contributed by atoms with Gasteiger partial charge in [0.15, 0.2) is 0 Å². The molecule has 0 saturated carbocycles. The highest BCUT2D eigenvalue weighted by atomic mass is 32.2. The second-order valence-corrected chi connectivity index (χ2v) is 9.68. The molecular weight excluding hydrogens is 492 g/mol. The first-order valence-electron chi connectivity index (χ1n) is 13.1. The summed E-state index contributed by atoms with van der Waals surface area (Å²) < 4.78 is 8.97. The monoisotopic (exact) mass is 530 g/mol. The van der Waals surface area contributed by atoms with Crippen LogP contribution in [-0.4, -0.2) is 42.8 Å². The van der Waals surface area contributed by atoms with E-state index in [2.05, 4.69) is 59.1 Å². The fourth-order valence-corrected chi connectivity index (χ4v) is 4.61. The van der Waals surface area contributed by atoms with E-state index in [1.165, 1.54) is 23.7 Å². The number of carbonyl (C=O) groups is 1. The number of hydrogen-bond donors (Lipinski definition) is 2. The van der Waals surface area contributed by atoms with Gasteiger partial charge in [-0.25, -0.2) is 0 Å². The van der Waals surface area contributed by atoms with Crippen molar-refractivity contribution in [2.24, 2.45) is 4.99 Å². The van der Waals surface area contributed by atoms with Gasteiger partial charge in [0.1, 0.15) is 5.75 Å². The quantitative estimate of drug-likeness (QED) is 0.196. The molecule has 2 aromatic rings. The molecule has 1 amide bonds. The van der Waals surface area contributed by atoms with E-state index >= 15 is 0 Å². The lowest BCUT2D eigenvalue weighted by Crippen LogP contribution is -2.29. The van der Waals surface area contributed by atoms with Crippen LogP contribution < -0.4 is 14.8 Å². The Hall–Kier alpha value is -3.55. The number of carbonyl (C=O) groups excluding carboxylic acids is 1. The third-order valence-corrected chi connectivity index (χ3v) is 6.80. The van der Waals surface area contributed by atoms with E-state index in [0.29, 0.717) is 12.1 Å². The standard InChI is InChI=1S/C31H38N4O2S/c1-5-22-37-28-18-12-25(13-19-28)23-35(7-3)21-9-20-33-31(36)26-14-16-27(17-15-26)34-38-29-11-8-10-24(4)30(29)32-6-2/h6,8,10-19,34H,2,4-5,7,9,20-23H2,1,3H3,(H,33,36)/b32-30+. The normalized spacial score (nSPS) is 13.9. The molecule has 0 saturated heterocycles. The van der Waals surface area contributed by atoms with Gasteiger partial charge in [-0.15, -0.1) is 0 Å². The first-order chi connectivity index (χ1) is 18.5. The average Bonchev–Trinajstić information content (AvgIpc) is 2.94. The molecule has 2 N–H and O–H groups in total. The van der Waals surface area contributed by atoms with Crippen LogP contribution in [0.5, 0.6) is 5.75 Å². The molecule has 0 unspecified atom stereocenters. The van der Waals surface area contributed by atoms with Crippen LogP contribution in [0.4, 0.5) is 5.69 Å². The first kappa shape index (κ1) is 29.0. The van der Waals surface area contributed by atoms with E-state index in [9.17, 15) is 4.79 Å². The van der Waals surface area contributed by atoms with Crippen molar-refractivity contribution in [2.75, 3.05) is 31.0 Å². The predicted molar refractivity (Wildman–Crippen MR) is 162 cm³/mol. The maximum absolute atomic E-state index is 12.6. The highest BCUT2D eigenvalue weighted by molar-refractivity contribution is 8.05. The van der Waals surface area contributed by atoms with Gasteiger partial charge in [-0.1, -0.05) is 51.3 Å². The van der Waals surface area contributed by atoms with Crippen molar-refractivity contribution in [3.05, 3.63) is 108 Å². The maximum atomic E-state index is 12.6. The molecule has 38 heavy (non-hydrogen) atoms. The molecule has 0 spiro atoms. The molecule has 0 aromatic heterocycles. The zero-order chi connectivity index (χ0) is 27.2. The summed E-state index contributed by atoms with van der Waals surface area (Å²) in [6, 6.07) is 15.8. The van der Waals surface area contributed by atoms with Crippen LogP contribution in [-0.2, 0) is 6.54 Å². The number of amides is 1. The lowest BCUT2D eigenvalue weighted by atomic mass is 10.1. The van der Waals surface area contributed by atoms with Gasteiger partial charge < -0.3 is 14.8 Å². The molecule has 0 fully saturated rings. The van der Waals surface area contributed by atoms with Crippen molar-refractivity contribution in [3.63, 3.8) is 0 Å². The van der Waals surface area contributed by atoms with Gasteiger partial charge >= 0.3 is 0 Å². The van der Waals surface area contributed by atoms with Crippen LogP contribution in [0.3, 0.4) is 0 Å². The number of hydrogen-bond acceptors (Lipinski definition) is 6. The number of rotatable bonds is 15. The van der Waals surface area contributed by atoms with Gasteiger partial charge in [0.05, 0.1) is 17.2 Å². The minimum atomic E-state index is -0.0632. The van der Waals surface area contributed by atoms with E-state index in [1.54, 1.807) is 0 Å². The largest absolute Gasteiger partial charge is 0.494 e. The van der Waals surface area contributed by atoms with Crippen LogP contribution >= 0.6 is 11.9 Å². The molecule has 6 nitrogen and oxygen atoms in total. The fourth-order valence-electron chi connectivity index (χ4n) is 3.82. The highest BCUT2D eigenvalue weighted by Crippen LogP contribution is 2.27. The van der Waals surface area contributed by atoms with Crippen LogP contribution in [0.15, 0.2) is 102 Å². The molecule has 0 heterocycles. The first-order valence-corrected chi connectivity index (χ1v) is 13.9. The van der Waals surface area contributed by atoms with Crippen LogP contribution in [0.25, 0.3) is 0 Å². The summed E-state index contributed by atoms with van der Waals surface area (Å²) in [5, 5.41) is 3.04. The summed E-state index contributed by atoms with van der Waals surface area (Å²) in [5.74, 6) is 0.855. The molecule has 0 aliphatic heterocycles. The third kappa shape index (κ3) is 9.08. The Labute approximate surface area is 231 Å². The topological polar surface area (TPSA) is 66.0 Å². The molecule has 0 radical (unpaired) electrons. The van der Waals surface area contributed by atoms with Crippen molar-refractivity contribution in [1.29, 1.82) is 0 Å². The van der Waals surface area contributed by atoms with Gasteiger partial charge in [0.2, 0.25) is 0 Å². The Morgan fingerprint density at radius 2 is 1.89 bits per heavy atom. The van der Waals surface area contributed by atoms with E-state index in [-0.39, 0.29) is 5.91 Å². The van der Waals surface area contributed by atoms with Gasteiger partial charge in [0.25, 0.3) is 5.91 Å². The average molecular weight is 531 g/mol. The molecule has 0 atom stereocenters. The molecule has 1 aliphatic carbocycles. The number of ether oxygens (including phenoxy) is 1. The number of allylic oxidation sites excluding steroid dienone is 5. The van der Waals surface area contributed by atoms with Crippen molar-refractivity contribution >= 4 is 29.3 Å². The predicted octanol–water partition coefficient (Wildman–Crippen LogP) is 6.77. The van der Waals surface area contributed by atoms with Crippen molar-refractivity contribution in [1.82, 2.24) is 10.2 Å². The smallest absolute Gasteiger partial charge is 0.251 e. The lowest BCUT2D eigenvalue weighted by Gasteiger charge is -2.20. The number of anilines is 1. The third-order valence-electron chi connectivity index (χ3n) is 5.92. The Bertz CT molecular complexity index is 1170. The van der Waals surface area contributed by atoms with Crippen LogP contribution in [0.1, 0.15) is 42.6 Å². The maximum Gasteiger partial charge on any atom is 0.251 e. The van der Waals surface area contributed by atoms with E-state index < -0.39 is 0 Å². The van der Waals surface area contributed by atoms with Crippen LogP contribution in [0.2, 0.25) is 0 Å². The summed E-state index contributed by atoms with van der Waals surface area (Å²) in [6.07, 6.45) is 9.26. The zero-order valence-electron chi connectivity index (χ0n) is 22.4. The van der Waals surface area contributed by atoms with Crippen molar-refractivity contribution < 1.29 is 9.53 Å². The van der Waals surface area contributed by atoms with Gasteiger partial charge in [-0.2, -0.15) is 0 Å². The summed E-state index contributed by atoms with van der Waals surface area (Å²) in [7, 11) is 0. The van der Waals surface area contributed by atoms with Crippen LogP contribution in [0, 0.1) is 0 Å². The highest BCUT2D eigenvalue weighted by Gasteiger charge is 2.13. The van der Waals surface area contributed by atoms with Crippen molar-refractivity contribution in [3.8, 4) is 5.75 Å². The summed E-state index contributed by atoms with van der Waals surface area (Å²) in [4.78, 5) is 20.3. The van der Waals surface area contributed by atoms with Gasteiger partial charge in [0, 0.05) is 37.1 Å². The summed E-state index contributed by atoms with van der Waals surface area (Å²) >= 11 is 1.45. The zero-order valence-corrected chi connectivity index (χ0v) is 23.2. The Kier molecular flexibility index (Phi) is 11.9. The Balaban J connectivity index is 1.40. The van der Waals surface area contributed by atoms with Gasteiger partial charge in [-0.05, 0) is 84.9 Å². The summed E-state index contributed by atoms with van der Waals surface area (Å²) in [6.45, 7) is 16.1. The van der Waals surface area contributed by atoms with Crippen molar-refractivity contribution in [2.45, 2.75) is 33.2 Å². The SMILES string of the molecule is C=C/N=C1\C(=C)C=CC=C1SNc1ccc(C(=O)NCCCN(CC)Cc2ccc(OCCC)cc2)cc1.